The second-order valence-corrected chi connectivity index (χ2v) is 6.82. The number of rotatable bonds is 9. The van der Waals surface area contributed by atoms with Crippen LogP contribution in [0.2, 0.25) is 0 Å². The molecule has 1 fully saturated rings. The maximum absolute atomic E-state index is 12.9. The molecule has 160 valence electrons. The molecule has 1 heterocycles. The second-order valence-electron chi connectivity index (χ2n) is 6.82. The van der Waals surface area contributed by atoms with Crippen LogP contribution in [0.25, 0.3) is 0 Å². The first kappa shape index (κ1) is 21.5. The molecule has 0 spiro atoms. The Morgan fingerprint density at radius 3 is 2.17 bits per heavy atom. The molecule has 1 aliphatic heterocycles. The molecule has 0 aliphatic carbocycles. The average molecular weight is 412 g/mol. The average Bonchev–Trinajstić information content (AvgIpc) is 3.11. The van der Waals surface area contributed by atoms with E-state index in [4.69, 9.17) is 14.2 Å². The maximum atomic E-state index is 12.9. The van der Waals surface area contributed by atoms with E-state index in [1.54, 1.807) is 17.0 Å². The summed E-state index contributed by atoms with van der Waals surface area (Å²) in [5, 5.41) is 2.96. The fraction of sp³-hybridized carbons (Fsp3) is 0.391. The molecule has 3 rings (SSSR count). The van der Waals surface area contributed by atoms with Crippen LogP contribution in [-0.4, -0.2) is 44.2 Å². The Kier molecular flexibility index (Phi) is 7.17. The number of hydrogen-bond donors (Lipinski definition) is 1. The van der Waals surface area contributed by atoms with Gasteiger partial charge in [0, 0.05) is 24.2 Å². The van der Waals surface area contributed by atoms with Crippen molar-refractivity contribution >= 4 is 17.5 Å². The van der Waals surface area contributed by atoms with Gasteiger partial charge in [-0.1, -0.05) is 18.2 Å². The SMILES string of the molecule is CCOc1cc(C(=O)NC2CC(=O)N(c3ccccc3)C2)cc(OCC)c1OCC. The van der Waals surface area contributed by atoms with Crippen molar-refractivity contribution in [1.82, 2.24) is 5.32 Å². The quantitative estimate of drug-likeness (QED) is 0.683. The van der Waals surface area contributed by atoms with Crippen LogP contribution in [-0.2, 0) is 4.79 Å². The Balaban J connectivity index is 1.78. The van der Waals surface area contributed by atoms with Crippen molar-refractivity contribution in [2.75, 3.05) is 31.3 Å². The minimum atomic E-state index is -0.285. The Hall–Kier alpha value is -3.22. The molecule has 0 bridgehead atoms. The number of anilines is 1. The smallest absolute Gasteiger partial charge is 0.251 e. The number of ether oxygens (including phenoxy) is 3. The highest BCUT2D eigenvalue weighted by molar-refractivity contribution is 5.99. The van der Waals surface area contributed by atoms with Crippen molar-refractivity contribution in [2.24, 2.45) is 0 Å². The standard InChI is InChI=1S/C23H28N2O5/c1-4-28-19-12-16(13-20(29-5-2)22(19)30-6-3)23(27)24-17-14-21(26)25(15-17)18-10-8-7-9-11-18/h7-13,17H,4-6,14-15H2,1-3H3,(H,24,27). The molecule has 7 heteroatoms. The van der Waals surface area contributed by atoms with Crippen LogP contribution in [0.5, 0.6) is 17.2 Å². The fourth-order valence-electron chi connectivity index (χ4n) is 3.45. The zero-order chi connectivity index (χ0) is 21.5. The van der Waals surface area contributed by atoms with Crippen LogP contribution >= 0.6 is 0 Å². The Bertz CT molecular complexity index is 857. The lowest BCUT2D eigenvalue weighted by atomic mass is 10.1. The van der Waals surface area contributed by atoms with Gasteiger partial charge < -0.3 is 24.4 Å². The van der Waals surface area contributed by atoms with Crippen molar-refractivity contribution in [1.29, 1.82) is 0 Å². The summed E-state index contributed by atoms with van der Waals surface area (Å²) < 4.78 is 17.0. The van der Waals surface area contributed by atoms with Crippen LogP contribution < -0.4 is 24.4 Å². The third-order valence-electron chi connectivity index (χ3n) is 4.70. The fourth-order valence-corrected chi connectivity index (χ4v) is 3.45. The van der Waals surface area contributed by atoms with E-state index in [2.05, 4.69) is 5.32 Å². The molecule has 1 N–H and O–H groups in total. The van der Waals surface area contributed by atoms with Gasteiger partial charge in [-0.05, 0) is 45.0 Å². The topological polar surface area (TPSA) is 77.1 Å². The third-order valence-corrected chi connectivity index (χ3v) is 4.70. The van der Waals surface area contributed by atoms with Gasteiger partial charge in [-0.3, -0.25) is 9.59 Å². The summed E-state index contributed by atoms with van der Waals surface area (Å²) in [6.07, 6.45) is 0.258. The van der Waals surface area contributed by atoms with Gasteiger partial charge in [0.1, 0.15) is 0 Å². The lowest BCUT2D eigenvalue weighted by molar-refractivity contribution is -0.117. The Morgan fingerprint density at radius 2 is 1.60 bits per heavy atom. The summed E-state index contributed by atoms with van der Waals surface area (Å²) >= 11 is 0. The van der Waals surface area contributed by atoms with Gasteiger partial charge in [0.15, 0.2) is 11.5 Å². The first-order valence-corrected chi connectivity index (χ1v) is 10.3. The van der Waals surface area contributed by atoms with E-state index in [1.165, 1.54) is 0 Å². The minimum absolute atomic E-state index is 0.0109. The van der Waals surface area contributed by atoms with E-state index in [1.807, 2.05) is 51.1 Å². The first-order chi connectivity index (χ1) is 14.6. The zero-order valence-corrected chi connectivity index (χ0v) is 17.6. The van der Waals surface area contributed by atoms with Gasteiger partial charge >= 0.3 is 0 Å². The molecule has 2 amide bonds. The summed E-state index contributed by atoms with van der Waals surface area (Å²) in [6.45, 7) is 7.35. The van der Waals surface area contributed by atoms with Crippen molar-refractivity contribution in [3.8, 4) is 17.2 Å². The molecule has 0 radical (unpaired) electrons. The van der Waals surface area contributed by atoms with E-state index >= 15 is 0 Å². The molecule has 0 saturated carbocycles. The normalized spacial score (nSPS) is 15.8. The number of para-hydroxylation sites is 1. The number of carbonyl (C=O) groups excluding carboxylic acids is 2. The van der Waals surface area contributed by atoms with Crippen LogP contribution in [0.3, 0.4) is 0 Å². The number of hydrogen-bond acceptors (Lipinski definition) is 5. The molecule has 2 aromatic carbocycles. The Morgan fingerprint density at radius 1 is 1.00 bits per heavy atom. The molecular weight excluding hydrogens is 384 g/mol. The van der Waals surface area contributed by atoms with E-state index in [9.17, 15) is 9.59 Å². The van der Waals surface area contributed by atoms with E-state index in [0.29, 0.717) is 49.2 Å². The molecule has 2 aromatic rings. The van der Waals surface area contributed by atoms with Crippen LogP contribution in [0.15, 0.2) is 42.5 Å². The first-order valence-electron chi connectivity index (χ1n) is 10.3. The highest BCUT2D eigenvalue weighted by Crippen LogP contribution is 2.39. The molecule has 1 saturated heterocycles. The van der Waals surface area contributed by atoms with Gasteiger partial charge in [0.25, 0.3) is 5.91 Å². The van der Waals surface area contributed by atoms with E-state index in [0.717, 1.165) is 5.69 Å². The van der Waals surface area contributed by atoms with Crippen LogP contribution in [0, 0.1) is 0 Å². The van der Waals surface area contributed by atoms with Gasteiger partial charge in [-0.25, -0.2) is 0 Å². The predicted molar refractivity (Wildman–Crippen MR) is 115 cm³/mol. The van der Waals surface area contributed by atoms with Crippen molar-refractivity contribution in [2.45, 2.75) is 33.2 Å². The van der Waals surface area contributed by atoms with E-state index in [-0.39, 0.29) is 24.3 Å². The van der Waals surface area contributed by atoms with E-state index < -0.39 is 0 Å². The number of amides is 2. The van der Waals surface area contributed by atoms with Crippen LogP contribution in [0.4, 0.5) is 5.69 Å². The third kappa shape index (κ3) is 4.84. The highest BCUT2D eigenvalue weighted by atomic mass is 16.5. The molecule has 0 aromatic heterocycles. The lowest BCUT2D eigenvalue weighted by Gasteiger charge is -2.19. The molecular formula is C23H28N2O5. The monoisotopic (exact) mass is 412 g/mol. The second kappa shape index (κ2) is 10.0. The van der Waals surface area contributed by atoms with Crippen molar-refractivity contribution in [3.05, 3.63) is 48.0 Å². The molecule has 1 atom stereocenters. The van der Waals surface area contributed by atoms with Gasteiger partial charge in [0.05, 0.1) is 25.9 Å². The lowest BCUT2D eigenvalue weighted by Crippen LogP contribution is -2.37. The largest absolute Gasteiger partial charge is 0.490 e. The van der Waals surface area contributed by atoms with Gasteiger partial charge in [-0.15, -0.1) is 0 Å². The molecule has 30 heavy (non-hydrogen) atoms. The number of nitrogens with zero attached hydrogens (tertiary/aromatic N) is 1. The highest BCUT2D eigenvalue weighted by Gasteiger charge is 2.32. The van der Waals surface area contributed by atoms with Crippen molar-refractivity contribution in [3.63, 3.8) is 0 Å². The summed E-state index contributed by atoms with van der Waals surface area (Å²) in [6, 6.07) is 12.5. The summed E-state index contributed by atoms with van der Waals surface area (Å²) in [4.78, 5) is 27.1. The zero-order valence-electron chi connectivity index (χ0n) is 17.6. The molecule has 7 nitrogen and oxygen atoms in total. The number of benzene rings is 2. The predicted octanol–water partition coefficient (Wildman–Crippen LogP) is 3.42. The summed E-state index contributed by atoms with van der Waals surface area (Å²) in [5.41, 5.74) is 1.23. The Labute approximate surface area is 176 Å². The number of carbonyl (C=O) groups is 2. The van der Waals surface area contributed by atoms with Crippen molar-refractivity contribution < 1.29 is 23.8 Å². The minimum Gasteiger partial charge on any atom is -0.490 e. The molecule has 1 aliphatic rings. The van der Waals surface area contributed by atoms with Gasteiger partial charge in [-0.2, -0.15) is 0 Å². The van der Waals surface area contributed by atoms with Gasteiger partial charge in [0.2, 0.25) is 11.7 Å². The molecule has 1 unspecified atom stereocenters. The van der Waals surface area contributed by atoms with Crippen LogP contribution in [0.1, 0.15) is 37.6 Å². The summed E-state index contributed by atoms with van der Waals surface area (Å²) in [7, 11) is 0. The maximum Gasteiger partial charge on any atom is 0.251 e. The summed E-state index contributed by atoms with van der Waals surface area (Å²) in [5.74, 6) is 1.12. The number of nitrogens with one attached hydrogen (secondary N) is 1.